The first-order valence-corrected chi connectivity index (χ1v) is 6.93. The number of hydrogen-bond acceptors (Lipinski definition) is 6. The van der Waals surface area contributed by atoms with E-state index in [0.717, 1.165) is 17.2 Å². The van der Waals surface area contributed by atoms with Crippen LogP contribution in [0, 0.1) is 13.8 Å². The molecule has 3 aromatic rings. The minimum absolute atomic E-state index is 0.0441. The van der Waals surface area contributed by atoms with Crippen LogP contribution in [0.25, 0.3) is 4.96 Å². The number of thiazole rings is 1. The Kier molecular flexibility index (Phi) is 3.03. The summed E-state index contributed by atoms with van der Waals surface area (Å²) in [5.41, 5.74) is 3.46. The number of tetrazole rings is 1. The highest BCUT2D eigenvalue weighted by atomic mass is 32.1. The maximum absolute atomic E-state index is 4.57. The van der Waals surface area contributed by atoms with E-state index < -0.39 is 0 Å². The van der Waals surface area contributed by atoms with Crippen molar-refractivity contribution >= 4 is 16.3 Å². The van der Waals surface area contributed by atoms with Gasteiger partial charge in [0.15, 0.2) is 10.8 Å². The third-order valence-electron chi connectivity index (χ3n) is 3.15. The maximum atomic E-state index is 4.57. The lowest BCUT2D eigenvalue weighted by atomic mass is 10.3. The number of aromatic nitrogens is 6. The Morgan fingerprint density at radius 2 is 2.32 bits per heavy atom. The highest BCUT2D eigenvalue weighted by Gasteiger charge is 2.15. The van der Waals surface area contributed by atoms with Gasteiger partial charge in [0.1, 0.15) is 0 Å². The molecule has 1 unspecified atom stereocenters. The molecule has 19 heavy (non-hydrogen) atoms. The first-order chi connectivity index (χ1) is 9.16. The Labute approximate surface area is 114 Å². The summed E-state index contributed by atoms with van der Waals surface area (Å²) in [6.07, 6.45) is 0. The molecule has 0 aliphatic heterocycles. The number of hydrogen-bond donors (Lipinski definition) is 2. The Balaban J connectivity index is 1.82. The molecule has 2 N–H and O–H groups in total. The molecule has 0 aromatic carbocycles. The van der Waals surface area contributed by atoms with Gasteiger partial charge in [-0.1, -0.05) is 5.21 Å². The van der Waals surface area contributed by atoms with Crippen LogP contribution in [0.4, 0.5) is 0 Å². The number of aromatic amines is 1. The second-order valence-corrected chi connectivity index (χ2v) is 5.35. The van der Waals surface area contributed by atoms with Gasteiger partial charge in [-0.3, -0.25) is 4.40 Å². The van der Waals surface area contributed by atoms with Crippen LogP contribution in [-0.2, 0) is 6.54 Å². The minimum Gasteiger partial charge on any atom is -0.302 e. The van der Waals surface area contributed by atoms with E-state index in [0.29, 0.717) is 5.82 Å². The number of nitrogens with one attached hydrogen (secondary N) is 2. The Morgan fingerprint density at radius 3 is 3.05 bits per heavy atom. The van der Waals surface area contributed by atoms with Crippen molar-refractivity contribution in [3.63, 3.8) is 0 Å². The predicted octanol–water partition coefficient (Wildman–Crippen LogP) is 1.38. The molecule has 8 heteroatoms. The molecule has 0 aliphatic rings. The van der Waals surface area contributed by atoms with E-state index in [1.165, 1.54) is 11.4 Å². The Bertz CT molecular complexity index is 681. The van der Waals surface area contributed by atoms with Gasteiger partial charge in [0.05, 0.1) is 17.4 Å². The smallest absolute Gasteiger partial charge is 0.194 e. The second kappa shape index (κ2) is 4.71. The molecule has 0 amide bonds. The summed E-state index contributed by atoms with van der Waals surface area (Å²) in [4.78, 5) is 5.61. The van der Waals surface area contributed by atoms with Gasteiger partial charge in [-0.05, 0) is 20.8 Å². The third kappa shape index (κ3) is 2.13. The van der Waals surface area contributed by atoms with Crippen LogP contribution in [0.15, 0.2) is 5.38 Å². The summed E-state index contributed by atoms with van der Waals surface area (Å²) in [7, 11) is 0. The summed E-state index contributed by atoms with van der Waals surface area (Å²) < 4.78 is 2.19. The average Bonchev–Trinajstić information content (AvgIpc) is 3.07. The van der Waals surface area contributed by atoms with Crippen LogP contribution in [0.3, 0.4) is 0 Å². The fourth-order valence-corrected chi connectivity index (χ4v) is 3.00. The Morgan fingerprint density at radius 1 is 1.47 bits per heavy atom. The van der Waals surface area contributed by atoms with Crippen LogP contribution in [0.5, 0.6) is 0 Å². The predicted molar refractivity (Wildman–Crippen MR) is 72.0 cm³/mol. The standard InChI is InChI=1S/C11H15N7S/c1-6-5-19-11-13-7(2)9(18(6)11)4-12-8(3)10-14-16-17-15-10/h5,8,12H,4H2,1-3H3,(H,14,15,16,17). The molecule has 0 radical (unpaired) electrons. The van der Waals surface area contributed by atoms with E-state index in [4.69, 9.17) is 0 Å². The molecule has 7 nitrogen and oxygen atoms in total. The van der Waals surface area contributed by atoms with Crippen molar-refractivity contribution in [2.45, 2.75) is 33.4 Å². The van der Waals surface area contributed by atoms with Crippen LogP contribution < -0.4 is 5.32 Å². The van der Waals surface area contributed by atoms with Gasteiger partial charge in [-0.2, -0.15) is 5.21 Å². The molecule has 0 aliphatic carbocycles. The van der Waals surface area contributed by atoms with Gasteiger partial charge < -0.3 is 5.32 Å². The highest BCUT2D eigenvalue weighted by Crippen LogP contribution is 2.20. The van der Waals surface area contributed by atoms with Crippen molar-refractivity contribution in [2.24, 2.45) is 0 Å². The number of fused-ring (bicyclic) bond motifs is 1. The lowest BCUT2D eigenvalue weighted by molar-refractivity contribution is 0.538. The van der Waals surface area contributed by atoms with E-state index >= 15 is 0 Å². The van der Waals surface area contributed by atoms with Crippen molar-refractivity contribution < 1.29 is 0 Å². The van der Waals surface area contributed by atoms with Gasteiger partial charge in [0.2, 0.25) is 0 Å². The molecule has 0 saturated carbocycles. The monoisotopic (exact) mass is 277 g/mol. The molecule has 0 bridgehead atoms. The number of H-pyrrole nitrogens is 1. The van der Waals surface area contributed by atoms with Gasteiger partial charge in [0, 0.05) is 17.6 Å². The van der Waals surface area contributed by atoms with Crippen molar-refractivity contribution in [3.05, 3.63) is 28.3 Å². The first kappa shape index (κ1) is 12.2. The third-order valence-corrected chi connectivity index (χ3v) is 4.10. The molecular formula is C11H15N7S. The maximum Gasteiger partial charge on any atom is 0.194 e. The van der Waals surface area contributed by atoms with E-state index in [-0.39, 0.29) is 6.04 Å². The molecular weight excluding hydrogens is 262 g/mol. The van der Waals surface area contributed by atoms with Crippen molar-refractivity contribution in [1.82, 2.24) is 35.3 Å². The van der Waals surface area contributed by atoms with Crippen LogP contribution >= 0.6 is 11.3 Å². The van der Waals surface area contributed by atoms with Crippen molar-refractivity contribution in [1.29, 1.82) is 0 Å². The van der Waals surface area contributed by atoms with Crippen LogP contribution in [0.2, 0.25) is 0 Å². The number of imidazole rings is 1. The van der Waals surface area contributed by atoms with Crippen molar-refractivity contribution in [2.75, 3.05) is 0 Å². The largest absolute Gasteiger partial charge is 0.302 e. The minimum atomic E-state index is 0.0441. The van der Waals surface area contributed by atoms with Gasteiger partial charge in [-0.15, -0.1) is 21.5 Å². The molecule has 0 saturated heterocycles. The topological polar surface area (TPSA) is 83.8 Å². The molecule has 3 aromatic heterocycles. The molecule has 3 rings (SSSR count). The van der Waals surface area contributed by atoms with E-state index in [9.17, 15) is 0 Å². The highest BCUT2D eigenvalue weighted by molar-refractivity contribution is 7.15. The van der Waals surface area contributed by atoms with E-state index in [1.54, 1.807) is 11.3 Å². The zero-order valence-electron chi connectivity index (χ0n) is 11.0. The molecule has 3 heterocycles. The van der Waals surface area contributed by atoms with Crippen molar-refractivity contribution in [3.8, 4) is 0 Å². The second-order valence-electron chi connectivity index (χ2n) is 4.51. The molecule has 0 spiro atoms. The summed E-state index contributed by atoms with van der Waals surface area (Å²) in [6, 6.07) is 0.0441. The Hall–Kier alpha value is -1.80. The fraction of sp³-hybridized carbons (Fsp3) is 0.455. The zero-order valence-corrected chi connectivity index (χ0v) is 11.8. The fourth-order valence-electron chi connectivity index (χ4n) is 2.07. The normalized spacial score (nSPS) is 13.2. The van der Waals surface area contributed by atoms with Crippen LogP contribution in [-0.4, -0.2) is 30.0 Å². The number of nitrogens with zero attached hydrogens (tertiary/aromatic N) is 5. The van der Waals surface area contributed by atoms with Crippen LogP contribution in [0.1, 0.15) is 35.9 Å². The summed E-state index contributed by atoms with van der Waals surface area (Å²) >= 11 is 1.67. The molecule has 100 valence electrons. The number of aryl methyl sites for hydroxylation is 2. The molecule has 1 atom stereocenters. The SMILES string of the molecule is Cc1nc2scc(C)n2c1CNC(C)c1nn[nH]n1. The van der Waals surface area contributed by atoms with Gasteiger partial charge in [-0.25, -0.2) is 4.98 Å². The summed E-state index contributed by atoms with van der Waals surface area (Å²) in [6.45, 7) is 6.87. The van der Waals surface area contributed by atoms with Gasteiger partial charge in [0.25, 0.3) is 0 Å². The van der Waals surface area contributed by atoms with Gasteiger partial charge >= 0.3 is 0 Å². The summed E-state index contributed by atoms with van der Waals surface area (Å²) in [5.74, 6) is 0.667. The lowest BCUT2D eigenvalue weighted by Crippen LogP contribution is -2.20. The molecule has 0 fully saturated rings. The quantitative estimate of drug-likeness (QED) is 0.752. The summed E-state index contributed by atoms with van der Waals surface area (Å²) in [5, 5.41) is 19.5. The average molecular weight is 277 g/mol. The van der Waals surface area contributed by atoms with E-state index in [2.05, 4.69) is 47.6 Å². The lowest BCUT2D eigenvalue weighted by Gasteiger charge is -2.10. The zero-order chi connectivity index (χ0) is 13.4. The number of rotatable bonds is 4. The first-order valence-electron chi connectivity index (χ1n) is 6.05. The van der Waals surface area contributed by atoms with E-state index in [1.807, 2.05) is 13.8 Å².